The summed E-state index contributed by atoms with van der Waals surface area (Å²) in [4.78, 5) is 14.7. The van der Waals surface area contributed by atoms with Gasteiger partial charge in [0.2, 0.25) is 0 Å². The van der Waals surface area contributed by atoms with E-state index in [4.69, 9.17) is 0 Å². The normalized spacial score (nSPS) is 17.1. The first-order valence-electron chi connectivity index (χ1n) is 11.7. The van der Waals surface area contributed by atoms with Crippen LogP contribution in [0.25, 0.3) is 0 Å². The Hall–Kier alpha value is -3.20. The molecule has 1 unspecified atom stereocenters. The minimum absolute atomic E-state index is 0.0996. The van der Waals surface area contributed by atoms with Crippen LogP contribution in [0.3, 0.4) is 0 Å². The Kier molecular flexibility index (Phi) is 7.85. The third-order valence-electron chi connectivity index (χ3n) is 6.15. The van der Waals surface area contributed by atoms with Crippen molar-refractivity contribution in [3.05, 3.63) is 95.6 Å². The van der Waals surface area contributed by atoms with E-state index in [0.717, 1.165) is 30.6 Å². The number of nitrogens with zero attached hydrogens (tertiary/aromatic N) is 1. The molecule has 0 aromatic heterocycles. The van der Waals surface area contributed by atoms with Crippen LogP contribution in [0.2, 0.25) is 0 Å². The van der Waals surface area contributed by atoms with Crippen molar-refractivity contribution in [2.24, 2.45) is 0 Å². The average molecular weight is 494 g/mol. The molecular weight excluding hydrogens is 462 g/mol. The van der Waals surface area contributed by atoms with Crippen LogP contribution >= 0.6 is 0 Å². The largest absolute Gasteiger partial charge is 0.392 e. The van der Waals surface area contributed by atoms with Crippen molar-refractivity contribution in [2.45, 2.75) is 42.7 Å². The van der Waals surface area contributed by atoms with E-state index in [0.29, 0.717) is 17.8 Å². The molecule has 1 saturated heterocycles. The number of likely N-dealkylation sites (tertiary alicyclic amines) is 1. The van der Waals surface area contributed by atoms with Gasteiger partial charge in [-0.15, -0.1) is 0 Å². The first kappa shape index (κ1) is 24.9. The fourth-order valence-corrected chi connectivity index (χ4v) is 5.54. The van der Waals surface area contributed by atoms with Gasteiger partial charge < -0.3 is 15.7 Å². The van der Waals surface area contributed by atoms with Gasteiger partial charge in [-0.25, -0.2) is 13.2 Å². The van der Waals surface area contributed by atoms with Crippen LogP contribution in [0.5, 0.6) is 0 Å². The quantitative estimate of drug-likeness (QED) is 0.439. The van der Waals surface area contributed by atoms with Crippen LogP contribution in [-0.4, -0.2) is 43.6 Å². The molecule has 184 valence electrons. The molecule has 4 rings (SSSR count). The smallest absolute Gasteiger partial charge is 0.319 e. The number of anilines is 1. The number of sulfone groups is 1. The number of nitrogens with one attached hydrogen (secondary N) is 2. The lowest BCUT2D eigenvalue weighted by atomic mass is 10.1. The number of β-amino-alcohol motifs (C(OH)–C–C–N with tert-alkyl or cyclic N) is 1. The summed E-state index contributed by atoms with van der Waals surface area (Å²) in [5.41, 5.74) is 3.31. The van der Waals surface area contributed by atoms with Crippen LogP contribution in [0, 0.1) is 0 Å². The van der Waals surface area contributed by atoms with Crippen LogP contribution in [0.1, 0.15) is 36.1 Å². The Morgan fingerprint density at radius 3 is 2.29 bits per heavy atom. The number of amides is 2. The van der Waals surface area contributed by atoms with Crippen molar-refractivity contribution in [1.29, 1.82) is 0 Å². The Balaban J connectivity index is 1.32. The van der Waals surface area contributed by atoms with E-state index < -0.39 is 9.84 Å². The molecule has 3 aromatic carbocycles. The number of urea groups is 1. The van der Waals surface area contributed by atoms with E-state index in [1.54, 1.807) is 12.1 Å². The third kappa shape index (κ3) is 6.91. The number of aliphatic hydroxyl groups excluding tert-OH is 1. The zero-order valence-corrected chi connectivity index (χ0v) is 20.5. The van der Waals surface area contributed by atoms with Gasteiger partial charge in [0.05, 0.1) is 22.8 Å². The zero-order valence-electron chi connectivity index (χ0n) is 19.7. The summed E-state index contributed by atoms with van der Waals surface area (Å²) in [7, 11) is -3.53. The zero-order chi connectivity index (χ0) is 24.8. The Morgan fingerprint density at radius 2 is 1.66 bits per heavy atom. The van der Waals surface area contributed by atoms with Crippen molar-refractivity contribution in [1.82, 2.24) is 10.2 Å². The van der Waals surface area contributed by atoms with E-state index in [-0.39, 0.29) is 28.8 Å². The first-order valence-corrected chi connectivity index (χ1v) is 13.4. The van der Waals surface area contributed by atoms with Crippen molar-refractivity contribution >= 4 is 21.6 Å². The molecule has 0 spiro atoms. The molecule has 3 aromatic rings. The Bertz CT molecular complexity index is 1230. The van der Waals surface area contributed by atoms with Gasteiger partial charge in [0.25, 0.3) is 0 Å². The molecule has 1 heterocycles. The maximum absolute atomic E-state index is 12.9. The van der Waals surface area contributed by atoms with Gasteiger partial charge >= 0.3 is 6.03 Å². The van der Waals surface area contributed by atoms with Crippen molar-refractivity contribution < 1.29 is 18.3 Å². The van der Waals surface area contributed by atoms with Crippen molar-refractivity contribution in [2.75, 3.05) is 18.4 Å². The number of hydrogen-bond acceptors (Lipinski definition) is 5. The second kappa shape index (κ2) is 11.0. The van der Waals surface area contributed by atoms with Gasteiger partial charge in [-0.1, -0.05) is 54.6 Å². The number of aliphatic hydroxyl groups is 1. The van der Waals surface area contributed by atoms with Gasteiger partial charge in [-0.2, -0.15) is 0 Å². The van der Waals surface area contributed by atoms with Crippen LogP contribution in [-0.2, 0) is 22.1 Å². The molecule has 1 aliphatic heterocycles. The number of carbonyl (C=O) groups is 1. The van der Waals surface area contributed by atoms with Crippen LogP contribution in [0.4, 0.5) is 10.5 Å². The second-order valence-corrected chi connectivity index (χ2v) is 11.0. The van der Waals surface area contributed by atoms with E-state index >= 15 is 0 Å². The SMILES string of the molecule is C[C@H](NC(=O)Nc1ccc(S(=O)(=O)Cc2ccc(CN3CCC(O)C3)cc2)cc1)c1ccccc1. The van der Waals surface area contributed by atoms with Gasteiger partial charge in [-0.05, 0) is 54.3 Å². The van der Waals surface area contributed by atoms with E-state index in [9.17, 15) is 18.3 Å². The van der Waals surface area contributed by atoms with Gasteiger partial charge in [-0.3, -0.25) is 4.90 Å². The minimum Gasteiger partial charge on any atom is -0.392 e. The molecule has 0 radical (unpaired) electrons. The maximum atomic E-state index is 12.9. The fraction of sp³-hybridized carbons (Fsp3) is 0.296. The molecule has 0 saturated carbocycles. The first-order chi connectivity index (χ1) is 16.8. The predicted molar refractivity (Wildman–Crippen MR) is 137 cm³/mol. The highest BCUT2D eigenvalue weighted by Gasteiger charge is 2.20. The van der Waals surface area contributed by atoms with E-state index in [2.05, 4.69) is 15.5 Å². The van der Waals surface area contributed by atoms with Crippen molar-refractivity contribution in [3.8, 4) is 0 Å². The summed E-state index contributed by atoms with van der Waals surface area (Å²) in [5, 5.41) is 15.3. The minimum atomic E-state index is -3.53. The molecule has 2 amide bonds. The molecule has 7 nitrogen and oxygen atoms in total. The lowest BCUT2D eigenvalue weighted by Crippen LogP contribution is -2.31. The molecule has 35 heavy (non-hydrogen) atoms. The molecule has 3 N–H and O–H groups in total. The summed E-state index contributed by atoms with van der Waals surface area (Å²) in [5.74, 6) is -0.0996. The average Bonchev–Trinajstić information content (AvgIpc) is 3.25. The summed E-state index contributed by atoms with van der Waals surface area (Å²) < 4.78 is 25.8. The maximum Gasteiger partial charge on any atom is 0.319 e. The predicted octanol–water partition coefficient (Wildman–Crippen LogP) is 4.11. The number of rotatable bonds is 8. The summed E-state index contributed by atoms with van der Waals surface area (Å²) in [6, 6.07) is 22.9. The van der Waals surface area contributed by atoms with Gasteiger partial charge in [0.1, 0.15) is 0 Å². The lowest BCUT2D eigenvalue weighted by Gasteiger charge is -2.15. The molecular formula is C27H31N3O4S. The molecule has 1 fully saturated rings. The monoisotopic (exact) mass is 493 g/mol. The highest BCUT2D eigenvalue weighted by atomic mass is 32.2. The standard InChI is InChI=1S/C27H31N3O4S/c1-20(23-5-3-2-4-6-23)28-27(32)29-24-11-13-26(14-12-24)35(33,34)19-22-9-7-21(8-10-22)17-30-16-15-25(31)18-30/h2-14,20,25,31H,15-19H2,1H3,(H2,28,29,32)/t20-,25?/m0/s1. The summed E-state index contributed by atoms with van der Waals surface area (Å²) in [6.45, 7) is 4.19. The van der Waals surface area contributed by atoms with E-state index in [1.807, 2.05) is 61.5 Å². The lowest BCUT2D eigenvalue weighted by molar-refractivity contribution is 0.175. The highest BCUT2D eigenvalue weighted by Crippen LogP contribution is 2.21. The Morgan fingerprint density at radius 1 is 1.00 bits per heavy atom. The Labute approximate surface area is 206 Å². The van der Waals surface area contributed by atoms with Crippen LogP contribution < -0.4 is 10.6 Å². The number of carbonyl (C=O) groups excluding carboxylic acids is 1. The molecule has 8 heteroatoms. The van der Waals surface area contributed by atoms with Gasteiger partial charge in [0.15, 0.2) is 9.84 Å². The number of hydrogen-bond donors (Lipinski definition) is 3. The third-order valence-corrected chi connectivity index (χ3v) is 7.86. The molecule has 1 aliphatic rings. The van der Waals surface area contributed by atoms with Crippen LogP contribution in [0.15, 0.2) is 83.8 Å². The highest BCUT2D eigenvalue weighted by molar-refractivity contribution is 7.90. The summed E-state index contributed by atoms with van der Waals surface area (Å²) in [6.07, 6.45) is 0.538. The van der Waals surface area contributed by atoms with Gasteiger partial charge in [0, 0.05) is 25.3 Å². The fourth-order valence-electron chi connectivity index (χ4n) is 4.19. The topological polar surface area (TPSA) is 98.7 Å². The molecule has 2 atom stereocenters. The number of benzene rings is 3. The second-order valence-electron chi connectivity index (χ2n) is 9.01. The summed E-state index contributed by atoms with van der Waals surface area (Å²) >= 11 is 0. The molecule has 0 bridgehead atoms. The van der Waals surface area contributed by atoms with Crippen molar-refractivity contribution in [3.63, 3.8) is 0 Å². The van der Waals surface area contributed by atoms with E-state index in [1.165, 1.54) is 12.1 Å². The molecule has 0 aliphatic carbocycles.